The van der Waals surface area contributed by atoms with Crippen molar-refractivity contribution in [3.8, 4) is 0 Å². The van der Waals surface area contributed by atoms with Gasteiger partial charge in [0.25, 0.3) is 0 Å². The predicted molar refractivity (Wildman–Crippen MR) is 103 cm³/mol. The SMILES string of the molecule is CCCCCC/C=C\CCCCCCCCSc1[nH]cc[n+]1C. The molecule has 0 saturated carbocycles. The highest BCUT2D eigenvalue weighted by atomic mass is 32.2. The van der Waals surface area contributed by atoms with Gasteiger partial charge in [-0.25, -0.2) is 9.55 Å². The number of nitrogens with zero attached hydrogens (tertiary/aromatic N) is 1. The number of hydrogen-bond donors (Lipinski definition) is 1. The van der Waals surface area contributed by atoms with Crippen LogP contribution < -0.4 is 4.57 Å². The first-order valence-corrected chi connectivity index (χ1v) is 10.6. The molecule has 0 atom stereocenters. The Labute approximate surface area is 148 Å². The molecule has 0 unspecified atom stereocenters. The van der Waals surface area contributed by atoms with Gasteiger partial charge in [0.1, 0.15) is 12.4 Å². The lowest BCUT2D eigenvalue weighted by atomic mass is 10.1. The van der Waals surface area contributed by atoms with Gasteiger partial charge in [0.15, 0.2) is 0 Å². The zero-order valence-corrected chi connectivity index (χ0v) is 16.2. The lowest BCUT2D eigenvalue weighted by Crippen LogP contribution is -2.27. The molecule has 1 N–H and O–H groups in total. The molecule has 0 aliphatic rings. The van der Waals surface area contributed by atoms with E-state index >= 15 is 0 Å². The van der Waals surface area contributed by atoms with E-state index in [1.165, 1.54) is 88.0 Å². The van der Waals surface area contributed by atoms with Gasteiger partial charge in [-0.2, -0.15) is 0 Å². The van der Waals surface area contributed by atoms with E-state index in [0.717, 1.165) is 0 Å². The quantitative estimate of drug-likeness (QED) is 0.175. The van der Waals surface area contributed by atoms with E-state index in [1.807, 2.05) is 18.0 Å². The molecule has 0 bridgehead atoms. The molecule has 0 aliphatic carbocycles. The number of allylic oxidation sites excluding steroid dienone is 2. The molecule has 0 aromatic carbocycles. The van der Waals surface area contributed by atoms with Crippen LogP contribution in [0.25, 0.3) is 0 Å². The fraction of sp³-hybridized carbons (Fsp3) is 0.750. The number of rotatable bonds is 15. The Hall–Kier alpha value is -0.700. The van der Waals surface area contributed by atoms with Crippen LogP contribution in [0.15, 0.2) is 29.7 Å². The number of unbranched alkanes of at least 4 members (excludes halogenated alkanes) is 10. The smallest absolute Gasteiger partial charge is 0.238 e. The van der Waals surface area contributed by atoms with Crippen molar-refractivity contribution in [1.29, 1.82) is 0 Å². The summed E-state index contributed by atoms with van der Waals surface area (Å²) >= 11 is 1.94. The third-order valence-electron chi connectivity index (χ3n) is 4.22. The molecule has 1 aromatic rings. The van der Waals surface area contributed by atoms with Gasteiger partial charge in [-0.1, -0.05) is 64.0 Å². The monoisotopic (exact) mass is 337 g/mol. The molecule has 0 radical (unpaired) electrons. The minimum absolute atomic E-state index is 1.23. The van der Waals surface area contributed by atoms with Crippen molar-refractivity contribution in [1.82, 2.24) is 4.98 Å². The number of thioether (sulfide) groups is 1. The molecular formula is C20H37N2S+. The van der Waals surface area contributed by atoms with Crippen molar-refractivity contribution >= 4 is 11.8 Å². The lowest BCUT2D eigenvalue weighted by molar-refractivity contribution is -0.708. The Bertz CT molecular complexity index is 398. The first-order chi connectivity index (χ1) is 11.3. The molecule has 132 valence electrons. The second-order valence-corrected chi connectivity index (χ2v) is 7.54. The van der Waals surface area contributed by atoms with Crippen LogP contribution in [0.4, 0.5) is 0 Å². The highest BCUT2D eigenvalue weighted by molar-refractivity contribution is 7.99. The van der Waals surface area contributed by atoms with Crippen molar-refractivity contribution in [2.24, 2.45) is 7.05 Å². The van der Waals surface area contributed by atoms with E-state index in [1.54, 1.807) is 0 Å². The van der Waals surface area contributed by atoms with Gasteiger partial charge < -0.3 is 0 Å². The summed E-state index contributed by atoms with van der Waals surface area (Å²) < 4.78 is 2.15. The fourth-order valence-corrected chi connectivity index (χ4v) is 3.66. The predicted octanol–water partition coefficient (Wildman–Crippen LogP) is 6.19. The van der Waals surface area contributed by atoms with Crippen LogP contribution in [-0.2, 0) is 7.05 Å². The average molecular weight is 338 g/mol. The van der Waals surface area contributed by atoms with E-state index in [4.69, 9.17) is 0 Å². The molecule has 0 fully saturated rings. The van der Waals surface area contributed by atoms with Crippen molar-refractivity contribution in [3.63, 3.8) is 0 Å². The maximum absolute atomic E-state index is 3.27. The molecule has 3 heteroatoms. The number of imidazole rings is 1. The summed E-state index contributed by atoms with van der Waals surface area (Å²) in [7, 11) is 2.10. The minimum atomic E-state index is 1.23. The van der Waals surface area contributed by atoms with E-state index < -0.39 is 0 Å². The fourth-order valence-electron chi connectivity index (χ4n) is 2.70. The molecule has 0 saturated heterocycles. The molecule has 1 heterocycles. The van der Waals surface area contributed by atoms with Crippen LogP contribution in [0, 0.1) is 0 Å². The number of aromatic nitrogens is 2. The highest BCUT2D eigenvalue weighted by Gasteiger charge is 2.05. The first kappa shape index (κ1) is 20.3. The molecule has 1 aromatic heterocycles. The van der Waals surface area contributed by atoms with Crippen LogP contribution in [0.2, 0.25) is 0 Å². The van der Waals surface area contributed by atoms with Crippen molar-refractivity contribution in [3.05, 3.63) is 24.5 Å². The summed E-state index contributed by atoms with van der Waals surface area (Å²) in [6.07, 6.45) is 25.3. The van der Waals surface area contributed by atoms with Crippen LogP contribution in [0.3, 0.4) is 0 Å². The number of aryl methyl sites for hydroxylation is 1. The Morgan fingerprint density at radius 2 is 1.52 bits per heavy atom. The molecule has 1 rings (SSSR count). The molecule has 0 amide bonds. The lowest BCUT2D eigenvalue weighted by Gasteiger charge is -2.00. The van der Waals surface area contributed by atoms with Crippen LogP contribution in [0.5, 0.6) is 0 Å². The molecular weight excluding hydrogens is 300 g/mol. The Morgan fingerprint density at radius 1 is 0.913 bits per heavy atom. The van der Waals surface area contributed by atoms with Crippen LogP contribution in [0.1, 0.15) is 84.0 Å². The average Bonchev–Trinajstić information content (AvgIpc) is 2.96. The zero-order valence-electron chi connectivity index (χ0n) is 15.4. The van der Waals surface area contributed by atoms with Gasteiger partial charge in [0, 0.05) is 5.75 Å². The summed E-state index contributed by atoms with van der Waals surface area (Å²) in [5, 5.41) is 1.27. The van der Waals surface area contributed by atoms with Gasteiger partial charge in [-0.3, -0.25) is 0 Å². The summed E-state index contributed by atoms with van der Waals surface area (Å²) in [4.78, 5) is 3.27. The van der Waals surface area contributed by atoms with E-state index in [-0.39, 0.29) is 0 Å². The third kappa shape index (κ3) is 11.5. The number of aromatic amines is 1. The molecule has 0 spiro atoms. The van der Waals surface area contributed by atoms with Crippen LogP contribution >= 0.6 is 11.8 Å². The van der Waals surface area contributed by atoms with E-state index in [0.29, 0.717) is 0 Å². The Morgan fingerprint density at radius 3 is 2.13 bits per heavy atom. The first-order valence-electron chi connectivity index (χ1n) is 9.65. The van der Waals surface area contributed by atoms with Gasteiger partial charge in [-0.05, 0) is 43.9 Å². The number of hydrogen-bond acceptors (Lipinski definition) is 1. The summed E-state index contributed by atoms with van der Waals surface area (Å²) in [5.74, 6) is 1.23. The largest absolute Gasteiger partial charge is 0.315 e. The van der Waals surface area contributed by atoms with Crippen LogP contribution in [-0.4, -0.2) is 10.7 Å². The van der Waals surface area contributed by atoms with Gasteiger partial charge in [0.05, 0.1) is 7.05 Å². The van der Waals surface area contributed by atoms with Gasteiger partial charge in [-0.15, -0.1) is 0 Å². The molecule has 0 aliphatic heterocycles. The molecule has 2 nitrogen and oxygen atoms in total. The topological polar surface area (TPSA) is 19.7 Å². The second kappa shape index (κ2) is 14.9. The number of H-pyrrole nitrogens is 1. The summed E-state index contributed by atoms with van der Waals surface area (Å²) in [5.41, 5.74) is 0. The van der Waals surface area contributed by atoms with Crippen molar-refractivity contribution in [2.45, 2.75) is 89.1 Å². The normalized spacial score (nSPS) is 11.6. The zero-order chi connectivity index (χ0) is 16.6. The second-order valence-electron chi connectivity index (χ2n) is 6.46. The van der Waals surface area contributed by atoms with E-state index in [2.05, 4.69) is 41.9 Å². The maximum Gasteiger partial charge on any atom is 0.315 e. The highest BCUT2D eigenvalue weighted by Crippen LogP contribution is 2.14. The van der Waals surface area contributed by atoms with Crippen molar-refractivity contribution < 1.29 is 4.57 Å². The van der Waals surface area contributed by atoms with Crippen molar-refractivity contribution in [2.75, 3.05) is 5.75 Å². The van der Waals surface area contributed by atoms with Gasteiger partial charge >= 0.3 is 5.16 Å². The maximum atomic E-state index is 3.27. The summed E-state index contributed by atoms with van der Waals surface area (Å²) in [6, 6.07) is 0. The minimum Gasteiger partial charge on any atom is -0.238 e. The summed E-state index contributed by atoms with van der Waals surface area (Å²) in [6.45, 7) is 2.27. The van der Waals surface area contributed by atoms with E-state index in [9.17, 15) is 0 Å². The number of nitrogens with one attached hydrogen (secondary N) is 1. The Balaban J connectivity index is 1.78. The standard InChI is InChI=1S/C20H36N2S/c1-3-4-5-6-7-8-9-10-11-12-13-14-15-16-19-23-20-21-17-18-22(20)2/h8-9,17-18H,3-7,10-16,19H2,1-2H3/p+1/b9-8-. The Kier molecular flexibility index (Phi) is 13.1. The third-order valence-corrected chi connectivity index (χ3v) is 5.39. The van der Waals surface area contributed by atoms with Gasteiger partial charge in [0.2, 0.25) is 0 Å². The molecule has 23 heavy (non-hydrogen) atoms.